The number of esters is 1. The van der Waals surface area contributed by atoms with Crippen molar-refractivity contribution in [3.8, 4) is 0 Å². The number of amides is 1. The Morgan fingerprint density at radius 2 is 1.79 bits per heavy atom. The summed E-state index contributed by atoms with van der Waals surface area (Å²) in [6.07, 6.45) is -1.04. The molecule has 0 saturated carbocycles. The Hall–Kier alpha value is -2.75. The van der Waals surface area contributed by atoms with Crippen molar-refractivity contribution >= 4 is 21.9 Å². The standard InChI is InChI=1S/C19H22N2O6S/c1-14(18(22)20-13-15-8-5-4-6-9-15)27-19(23)16-10-7-11-17(12-16)28(24,25)21(2)26-3/h4-12,14H,13H2,1-3H3,(H,20,22). The maximum atomic E-state index is 12.3. The third kappa shape index (κ3) is 5.38. The molecule has 150 valence electrons. The van der Waals surface area contributed by atoms with Crippen LogP contribution in [0.2, 0.25) is 0 Å². The molecule has 1 N–H and O–H groups in total. The Labute approximate surface area is 164 Å². The molecule has 8 nitrogen and oxygen atoms in total. The molecular weight excluding hydrogens is 384 g/mol. The van der Waals surface area contributed by atoms with Gasteiger partial charge in [0.2, 0.25) is 0 Å². The summed E-state index contributed by atoms with van der Waals surface area (Å²) in [5.74, 6) is -1.26. The molecule has 1 unspecified atom stereocenters. The highest BCUT2D eigenvalue weighted by Crippen LogP contribution is 2.17. The minimum absolute atomic E-state index is 0.00767. The monoisotopic (exact) mass is 406 g/mol. The van der Waals surface area contributed by atoms with Gasteiger partial charge in [-0.1, -0.05) is 40.9 Å². The number of hydrogen-bond donors (Lipinski definition) is 1. The van der Waals surface area contributed by atoms with E-state index in [2.05, 4.69) is 5.32 Å². The van der Waals surface area contributed by atoms with Crippen LogP contribution >= 0.6 is 0 Å². The first-order valence-corrected chi connectivity index (χ1v) is 9.85. The topological polar surface area (TPSA) is 102 Å². The Bertz CT molecular complexity index is 930. The van der Waals surface area contributed by atoms with Crippen LogP contribution in [0.5, 0.6) is 0 Å². The highest BCUT2D eigenvalue weighted by molar-refractivity contribution is 7.89. The van der Waals surface area contributed by atoms with Gasteiger partial charge in [-0.05, 0) is 30.7 Å². The molecule has 2 aromatic carbocycles. The van der Waals surface area contributed by atoms with Crippen LogP contribution in [-0.4, -0.2) is 45.0 Å². The van der Waals surface area contributed by atoms with E-state index in [1.165, 1.54) is 45.3 Å². The highest BCUT2D eigenvalue weighted by Gasteiger charge is 2.24. The summed E-state index contributed by atoms with van der Waals surface area (Å²) in [4.78, 5) is 29.0. The molecule has 0 aliphatic rings. The summed E-state index contributed by atoms with van der Waals surface area (Å²) < 4.78 is 30.4. The molecule has 0 aliphatic carbocycles. The third-order valence-electron chi connectivity index (χ3n) is 3.93. The van der Waals surface area contributed by atoms with Gasteiger partial charge in [0.1, 0.15) is 0 Å². The quantitative estimate of drug-likeness (QED) is 0.529. The van der Waals surface area contributed by atoms with E-state index in [4.69, 9.17) is 9.57 Å². The van der Waals surface area contributed by atoms with E-state index in [0.29, 0.717) is 11.0 Å². The fourth-order valence-corrected chi connectivity index (χ4v) is 3.26. The smallest absolute Gasteiger partial charge is 0.338 e. The summed E-state index contributed by atoms with van der Waals surface area (Å²) in [5.41, 5.74) is 0.919. The summed E-state index contributed by atoms with van der Waals surface area (Å²) in [7, 11) is -1.46. The lowest BCUT2D eigenvalue weighted by atomic mass is 10.2. The maximum absolute atomic E-state index is 12.3. The summed E-state index contributed by atoms with van der Waals surface area (Å²) in [6, 6.07) is 14.6. The molecule has 1 amide bonds. The third-order valence-corrected chi connectivity index (χ3v) is 5.60. The number of nitrogens with zero attached hydrogens (tertiary/aromatic N) is 1. The van der Waals surface area contributed by atoms with Crippen molar-refractivity contribution < 1.29 is 27.6 Å². The summed E-state index contributed by atoms with van der Waals surface area (Å²) in [6.45, 7) is 1.75. The zero-order valence-corrected chi connectivity index (χ0v) is 16.6. The predicted molar refractivity (Wildman–Crippen MR) is 102 cm³/mol. The van der Waals surface area contributed by atoms with Crippen molar-refractivity contribution in [1.29, 1.82) is 0 Å². The van der Waals surface area contributed by atoms with Crippen molar-refractivity contribution in [3.63, 3.8) is 0 Å². The van der Waals surface area contributed by atoms with Gasteiger partial charge < -0.3 is 10.1 Å². The number of hydroxylamine groups is 1. The molecule has 0 aliphatic heterocycles. The van der Waals surface area contributed by atoms with Gasteiger partial charge in [0.15, 0.2) is 6.10 Å². The molecule has 0 heterocycles. The van der Waals surface area contributed by atoms with Gasteiger partial charge in [0, 0.05) is 13.6 Å². The van der Waals surface area contributed by atoms with Crippen molar-refractivity contribution in [3.05, 3.63) is 65.7 Å². The van der Waals surface area contributed by atoms with Crippen LogP contribution in [0.15, 0.2) is 59.5 Å². The Balaban J connectivity index is 2.02. The van der Waals surface area contributed by atoms with Crippen molar-refractivity contribution in [2.24, 2.45) is 0 Å². The second kappa shape index (κ2) is 9.45. The molecule has 28 heavy (non-hydrogen) atoms. The van der Waals surface area contributed by atoms with Crippen molar-refractivity contribution in [2.75, 3.05) is 14.2 Å². The Kier molecular flexibility index (Phi) is 7.27. The largest absolute Gasteiger partial charge is 0.449 e. The molecule has 0 aromatic heterocycles. The Morgan fingerprint density at radius 1 is 1.11 bits per heavy atom. The molecule has 0 spiro atoms. The average Bonchev–Trinajstić information content (AvgIpc) is 2.71. The highest BCUT2D eigenvalue weighted by atomic mass is 32.2. The summed E-state index contributed by atoms with van der Waals surface area (Å²) >= 11 is 0. The van der Waals surface area contributed by atoms with E-state index in [1.54, 1.807) is 0 Å². The van der Waals surface area contributed by atoms with Crippen molar-refractivity contribution in [2.45, 2.75) is 24.5 Å². The fraction of sp³-hybridized carbons (Fsp3) is 0.263. The van der Waals surface area contributed by atoms with Gasteiger partial charge in [0.05, 0.1) is 17.6 Å². The molecule has 2 rings (SSSR count). The minimum Gasteiger partial charge on any atom is -0.449 e. The number of nitrogens with one attached hydrogen (secondary N) is 1. The minimum atomic E-state index is -3.91. The molecule has 0 fully saturated rings. The van der Waals surface area contributed by atoms with Gasteiger partial charge in [0.25, 0.3) is 15.9 Å². The molecule has 0 bridgehead atoms. The van der Waals surface area contributed by atoms with Crippen LogP contribution in [0, 0.1) is 0 Å². The molecule has 9 heteroatoms. The van der Waals surface area contributed by atoms with Crippen LogP contribution in [0.25, 0.3) is 0 Å². The number of benzene rings is 2. The van der Waals surface area contributed by atoms with Gasteiger partial charge in [-0.3, -0.25) is 9.63 Å². The van der Waals surface area contributed by atoms with E-state index >= 15 is 0 Å². The first-order chi connectivity index (χ1) is 13.3. The Morgan fingerprint density at radius 3 is 2.43 bits per heavy atom. The normalized spacial score (nSPS) is 12.4. The number of sulfonamides is 1. The molecule has 2 aromatic rings. The van der Waals surface area contributed by atoms with Crippen LogP contribution < -0.4 is 5.32 Å². The second-order valence-corrected chi connectivity index (χ2v) is 7.81. The predicted octanol–water partition coefficient (Wildman–Crippen LogP) is 1.73. The number of carbonyl (C=O) groups excluding carboxylic acids is 2. The van der Waals surface area contributed by atoms with E-state index in [9.17, 15) is 18.0 Å². The maximum Gasteiger partial charge on any atom is 0.338 e. The molecule has 1 atom stereocenters. The zero-order chi connectivity index (χ0) is 20.7. The molecule has 0 saturated heterocycles. The number of hydrogen-bond acceptors (Lipinski definition) is 6. The first kappa shape index (κ1) is 21.5. The SMILES string of the molecule is CON(C)S(=O)(=O)c1cccc(C(=O)OC(C)C(=O)NCc2ccccc2)c1. The van der Waals surface area contributed by atoms with Crippen LogP contribution in [0.3, 0.4) is 0 Å². The van der Waals surface area contributed by atoms with Gasteiger partial charge in [-0.2, -0.15) is 0 Å². The lowest BCUT2D eigenvalue weighted by molar-refractivity contribution is -0.129. The summed E-state index contributed by atoms with van der Waals surface area (Å²) in [5, 5.41) is 2.68. The number of carbonyl (C=O) groups is 2. The molecular formula is C19H22N2O6S. The lowest BCUT2D eigenvalue weighted by Gasteiger charge is -2.16. The van der Waals surface area contributed by atoms with Crippen LogP contribution in [-0.2, 0) is 30.9 Å². The second-order valence-electron chi connectivity index (χ2n) is 5.88. The van der Waals surface area contributed by atoms with E-state index in [0.717, 1.165) is 5.56 Å². The lowest BCUT2D eigenvalue weighted by Crippen LogP contribution is -2.35. The van der Waals surface area contributed by atoms with E-state index in [-0.39, 0.29) is 10.5 Å². The number of rotatable bonds is 8. The van der Waals surface area contributed by atoms with E-state index in [1.807, 2.05) is 30.3 Å². The van der Waals surface area contributed by atoms with Gasteiger partial charge in [-0.25, -0.2) is 13.2 Å². The zero-order valence-electron chi connectivity index (χ0n) is 15.8. The fourth-order valence-electron chi connectivity index (χ4n) is 2.24. The number of ether oxygens (including phenoxy) is 1. The average molecular weight is 406 g/mol. The van der Waals surface area contributed by atoms with Crippen LogP contribution in [0.1, 0.15) is 22.8 Å². The van der Waals surface area contributed by atoms with Crippen molar-refractivity contribution in [1.82, 2.24) is 9.79 Å². The van der Waals surface area contributed by atoms with Gasteiger partial charge in [-0.15, -0.1) is 0 Å². The first-order valence-electron chi connectivity index (χ1n) is 8.41. The van der Waals surface area contributed by atoms with E-state index < -0.39 is 28.0 Å². The van der Waals surface area contributed by atoms with Crippen LogP contribution in [0.4, 0.5) is 0 Å². The molecule has 0 radical (unpaired) electrons. The van der Waals surface area contributed by atoms with Gasteiger partial charge >= 0.3 is 5.97 Å².